The smallest absolute Gasteiger partial charge is 0.0954 e. The van der Waals surface area contributed by atoms with Gasteiger partial charge in [-0.05, 0) is 58.3 Å². The summed E-state index contributed by atoms with van der Waals surface area (Å²) in [7, 11) is 0. The first kappa shape index (κ1) is 14.8. The van der Waals surface area contributed by atoms with E-state index in [1.165, 1.54) is 33.9 Å². The van der Waals surface area contributed by atoms with Crippen molar-refractivity contribution in [1.82, 2.24) is 14.9 Å². The lowest BCUT2D eigenvalue weighted by molar-refractivity contribution is 0.314. The number of nitrogens with zero attached hydrogens (tertiary/aromatic N) is 2. The fourth-order valence-electron chi connectivity index (χ4n) is 3.53. The Labute approximate surface area is 131 Å². The summed E-state index contributed by atoms with van der Waals surface area (Å²) in [6.07, 6.45) is 6.47. The lowest BCUT2D eigenvalue weighted by Gasteiger charge is -2.35. The second-order valence-electron chi connectivity index (χ2n) is 6.54. The Kier molecular flexibility index (Phi) is 3.93. The molecule has 1 fully saturated rings. The quantitative estimate of drug-likeness (QED) is 0.934. The maximum atomic E-state index is 4.47. The van der Waals surface area contributed by atoms with E-state index in [9.17, 15) is 0 Å². The highest BCUT2D eigenvalue weighted by Gasteiger charge is 2.33. The predicted molar refractivity (Wildman–Crippen MR) is 89.3 cm³/mol. The number of aryl methyl sites for hydroxylation is 2. The third-order valence-electron chi connectivity index (χ3n) is 4.94. The number of nitrogens with one attached hydrogen (secondary N) is 1. The zero-order chi connectivity index (χ0) is 15.0. The summed E-state index contributed by atoms with van der Waals surface area (Å²) >= 11 is 1.89. The van der Waals surface area contributed by atoms with Crippen molar-refractivity contribution in [3.63, 3.8) is 0 Å². The molecule has 0 radical (unpaired) electrons. The molecule has 1 unspecified atom stereocenters. The van der Waals surface area contributed by atoms with E-state index in [0.717, 1.165) is 13.1 Å². The molecule has 3 rings (SSSR count). The lowest BCUT2D eigenvalue weighted by atomic mass is 9.78. The number of rotatable bonds is 3. The third-order valence-corrected chi connectivity index (χ3v) is 5.92. The minimum atomic E-state index is 0.245. The Morgan fingerprint density at radius 1 is 1.33 bits per heavy atom. The zero-order valence-corrected chi connectivity index (χ0v) is 14.3. The van der Waals surface area contributed by atoms with Crippen LogP contribution in [0.1, 0.15) is 53.7 Å². The molecule has 1 aliphatic heterocycles. The molecule has 0 bridgehead atoms. The van der Waals surface area contributed by atoms with Crippen LogP contribution >= 0.6 is 11.3 Å². The van der Waals surface area contributed by atoms with Crippen molar-refractivity contribution in [3.8, 4) is 0 Å². The van der Waals surface area contributed by atoms with Crippen molar-refractivity contribution >= 4 is 11.3 Å². The molecule has 0 spiro atoms. The first-order valence-electron chi connectivity index (χ1n) is 7.81. The van der Waals surface area contributed by atoms with Crippen molar-refractivity contribution in [2.24, 2.45) is 0 Å². The molecule has 21 heavy (non-hydrogen) atoms. The Morgan fingerprint density at radius 2 is 2.05 bits per heavy atom. The van der Waals surface area contributed by atoms with Crippen molar-refractivity contribution in [1.29, 1.82) is 0 Å². The Morgan fingerprint density at radius 3 is 2.67 bits per heavy atom. The first-order chi connectivity index (χ1) is 10.0. The summed E-state index contributed by atoms with van der Waals surface area (Å²) in [6, 6.07) is 2.69. The van der Waals surface area contributed by atoms with Gasteiger partial charge in [0.05, 0.1) is 12.4 Å². The predicted octanol–water partition coefficient (Wildman–Crippen LogP) is 3.81. The Hall–Kier alpha value is -1.13. The molecule has 114 valence electrons. The second-order valence-corrected chi connectivity index (χ2v) is 8.00. The molecule has 0 aliphatic carbocycles. The largest absolute Gasteiger partial charge is 0.327 e. The van der Waals surface area contributed by atoms with Crippen LogP contribution in [0.5, 0.6) is 0 Å². The highest BCUT2D eigenvalue weighted by atomic mass is 32.1. The molecule has 4 heteroatoms. The molecule has 0 aromatic carbocycles. The van der Waals surface area contributed by atoms with Crippen LogP contribution in [-0.2, 0) is 5.41 Å². The summed E-state index contributed by atoms with van der Waals surface area (Å²) in [5, 5.41) is 3.47. The molecule has 0 saturated carbocycles. The van der Waals surface area contributed by atoms with E-state index in [0.29, 0.717) is 6.04 Å². The minimum absolute atomic E-state index is 0.245. The molecule has 3 heterocycles. The van der Waals surface area contributed by atoms with Crippen LogP contribution in [0.3, 0.4) is 0 Å². The number of piperidine rings is 1. The molecule has 1 atom stereocenters. The maximum Gasteiger partial charge on any atom is 0.0954 e. The molecule has 1 saturated heterocycles. The van der Waals surface area contributed by atoms with E-state index in [-0.39, 0.29) is 5.41 Å². The van der Waals surface area contributed by atoms with E-state index < -0.39 is 0 Å². The van der Waals surface area contributed by atoms with E-state index in [2.05, 4.69) is 54.8 Å². The molecule has 2 aromatic heterocycles. The number of imidazole rings is 1. The van der Waals surface area contributed by atoms with E-state index in [1.54, 1.807) is 0 Å². The summed E-state index contributed by atoms with van der Waals surface area (Å²) in [5.41, 5.74) is 3.07. The van der Waals surface area contributed by atoms with E-state index in [4.69, 9.17) is 0 Å². The van der Waals surface area contributed by atoms with Crippen LogP contribution in [-0.4, -0.2) is 22.6 Å². The number of aromatic nitrogens is 2. The van der Waals surface area contributed by atoms with Gasteiger partial charge in [0.1, 0.15) is 0 Å². The van der Waals surface area contributed by atoms with Gasteiger partial charge >= 0.3 is 0 Å². The fraction of sp³-hybridized carbons (Fsp3) is 0.588. The SMILES string of the molecule is Cc1cc(C(C)n2cncc2C2(C)CCNCC2)c(C)s1. The van der Waals surface area contributed by atoms with Gasteiger partial charge in [-0.2, -0.15) is 0 Å². The highest BCUT2D eigenvalue weighted by molar-refractivity contribution is 7.12. The minimum Gasteiger partial charge on any atom is -0.327 e. The highest BCUT2D eigenvalue weighted by Crippen LogP contribution is 2.36. The van der Waals surface area contributed by atoms with Gasteiger partial charge in [-0.15, -0.1) is 11.3 Å². The summed E-state index contributed by atoms with van der Waals surface area (Å²) in [4.78, 5) is 7.29. The van der Waals surface area contributed by atoms with Gasteiger partial charge in [0.2, 0.25) is 0 Å². The van der Waals surface area contributed by atoms with Crippen molar-refractivity contribution in [2.45, 2.75) is 52.0 Å². The van der Waals surface area contributed by atoms with Crippen LogP contribution in [0.4, 0.5) is 0 Å². The standard InChI is InChI=1S/C17H25N3S/c1-12-9-15(14(3)21-12)13(2)20-11-19-10-16(20)17(4)5-7-18-8-6-17/h9-11,13,18H,5-8H2,1-4H3. The van der Waals surface area contributed by atoms with Gasteiger partial charge < -0.3 is 9.88 Å². The average molecular weight is 303 g/mol. The van der Waals surface area contributed by atoms with Crippen molar-refractivity contribution < 1.29 is 0 Å². The normalized spacial score (nSPS) is 19.6. The second kappa shape index (κ2) is 5.58. The molecule has 0 amide bonds. The van der Waals surface area contributed by atoms with Crippen molar-refractivity contribution in [2.75, 3.05) is 13.1 Å². The first-order valence-corrected chi connectivity index (χ1v) is 8.63. The van der Waals surface area contributed by atoms with Crippen LogP contribution < -0.4 is 5.32 Å². The van der Waals surface area contributed by atoms with Crippen LogP contribution in [0, 0.1) is 13.8 Å². The van der Waals surface area contributed by atoms with Gasteiger partial charge in [-0.1, -0.05) is 6.92 Å². The Balaban J connectivity index is 1.97. The van der Waals surface area contributed by atoms with Crippen LogP contribution in [0.15, 0.2) is 18.6 Å². The Bertz CT molecular complexity index is 620. The summed E-state index contributed by atoms with van der Waals surface area (Å²) in [6.45, 7) is 11.3. The van der Waals surface area contributed by atoms with Gasteiger partial charge in [-0.25, -0.2) is 4.98 Å². The molecular formula is C17H25N3S. The number of hydrogen-bond donors (Lipinski definition) is 1. The van der Waals surface area contributed by atoms with Crippen LogP contribution in [0.2, 0.25) is 0 Å². The zero-order valence-electron chi connectivity index (χ0n) is 13.4. The average Bonchev–Trinajstić information content (AvgIpc) is 3.06. The number of thiophene rings is 1. The lowest BCUT2D eigenvalue weighted by Crippen LogP contribution is -2.39. The van der Waals surface area contributed by atoms with Gasteiger partial charge in [0.25, 0.3) is 0 Å². The molecule has 1 aliphatic rings. The summed E-state index contributed by atoms with van der Waals surface area (Å²) < 4.78 is 2.39. The number of hydrogen-bond acceptors (Lipinski definition) is 3. The van der Waals surface area contributed by atoms with E-state index >= 15 is 0 Å². The van der Waals surface area contributed by atoms with Gasteiger partial charge in [0.15, 0.2) is 0 Å². The molecule has 3 nitrogen and oxygen atoms in total. The van der Waals surface area contributed by atoms with Gasteiger partial charge in [-0.3, -0.25) is 0 Å². The fourth-order valence-corrected chi connectivity index (χ4v) is 4.55. The van der Waals surface area contributed by atoms with Gasteiger partial charge in [0, 0.05) is 27.1 Å². The molecular weight excluding hydrogens is 278 g/mol. The third kappa shape index (κ3) is 2.67. The van der Waals surface area contributed by atoms with Crippen molar-refractivity contribution in [3.05, 3.63) is 39.6 Å². The summed E-state index contributed by atoms with van der Waals surface area (Å²) in [5.74, 6) is 0. The molecule has 2 aromatic rings. The van der Waals surface area contributed by atoms with Crippen LogP contribution in [0.25, 0.3) is 0 Å². The molecule has 1 N–H and O–H groups in total. The van der Waals surface area contributed by atoms with E-state index in [1.807, 2.05) is 17.7 Å². The maximum absolute atomic E-state index is 4.47. The topological polar surface area (TPSA) is 29.9 Å². The monoisotopic (exact) mass is 303 g/mol.